The van der Waals surface area contributed by atoms with E-state index < -0.39 is 22.8 Å². The van der Waals surface area contributed by atoms with Crippen LogP contribution in [0.4, 0.5) is 20.4 Å². The van der Waals surface area contributed by atoms with Crippen molar-refractivity contribution in [1.82, 2.24) is 40.2 Å². The number of nitriles is 2. The molecule has 10 rings (SSSR count). The Bertz CT molecular complexity index is 2860. The van der Waals surface area contributed by atoms with Crippen LogP contribution >= 0.6 is 0 Å². The maximum Gasteiger partial charge on any atom is 0.255 e. The highest BCUT2D eigenvalue weighted by Gasteiger charge is 2.40. The molecule has 0 radical (unpaired) electrons. The largest absolute Gasteiger partial charge is 0.386 e. The molecular weight excluding hydrogens is 879 g/mol. The molecule has 20 heteroatoms. The third-order valence-electron chi connectivity index (χ3n) is 12.8. The van der Waals surface area contributed by atoms with Gasteiger partial charge in [0.25, 0.3) is 11.8 Å². The van der Waals surface area contributed by atoms with Gasteiger partial charge in [-0.05, 0) is 63.1 Å². The summed E-state index contributed by atoms with van der Waals surface area (Å²) in [6.45, 7) is 5.83. The Kier molecular flexibility index (Phi) is 12.0. The minimum atomic E-state index is -1.04. The van der Waals surface area contributed by atoms with E-state index in [1.165, 1.54) is 36.4 Å². The van der Waals surface area contributed by atoms with Gasteiger partial charge in [0.15, 0.2) is 11.6 Å². The van der Waals surface area contributed by atoms with Crippen molar-refractivity contribution in [2.45, 2.75) is 63.2 Å². The number of β-amino-alcohol motifs (C(OH)–C–C–N with tert-alkyl or cyclic N) is 2. The number of pyridine rings is 2. The molecule has 8 heterocycles. The molecule has 4 aliphatic heterocycles. The Morgan fingerprint density at radius 1 is 0.676 bits per heavy atom. The number of nitrogens with one attached hydrogen (secondary N) is 2. The molecule has 0 bridgehead atoms. The number of carbonyl (C=O) groups is 2. The van der Waals surface area contributed by atoms with Crippen molar-refractivity contribution >= 4 is 23.5 Å². The summed E-state index contributed by atoms with van der Waals surface area (Å²) in [5.74, 6) is -0.468. The highest BCUT2D eigenvalue weighted by atomic mass is 19.1. The topological polar surface area (TPSA) is 233 Å². The lowest BCUT2D eigenvalue weighted by Gasteiger charge is -2.42. The van der Waals surface area contributed by atoms with Crippen molar-refractivity contribution in [3.05, 3.63) is 118 Å². The van der Waals surface area contributed by atoms with Crippen molar-refractivity contribution in [2.75, 3.05) is 50.2 Å². The zero-order chi connectivity index (χ0) is 48.1. The predicted octanol–water partition coefficient (Wildman–Crippen LogP) is 4.33. The molecule has 2 saturated heterocycles. The Balaban J connectivity index is 0.000000170. The number of benzene rings is 2. The highest BCUT2D eigenvalue weighted by Crippen LogP contribution is 2.35. The van der Waals surface area contributed by atoms with Gasteiger partial charge >= 0.3 is 0 Å². The molecule has 2 amide bonds. The number of hydrogen-bond donors (Lipinski definition) is 4. The molecular formula is C48H46F2N12O6. The average molecular weight is 925 g/mol. The molecule has 68 heavy (non-hydrogen) atoms. The van der Waals surface area contributed by atoms with Crippen LogP contribution in [0.25, 0.3) is 33.9 Å². The molecule has 4 aromatic heterocycles. The number of fused-ring (bicyclic) bond motifs is 2. The smallest absolute Gasteiger partial charge is 0.255 e. The van der Waals surface area contributed by atoms with Gasteiger partial charge in [0, 0.05) is 51.8 Å². The van der Waals surface area contributed by atoms with Gasteiger partial charge in [-0.2, -0.15) is 20.7 Å². The van der Waals surface area contributed by atoms with Crippen LogP contribution in [0.2, 0.25) is 0 Å². The van der Waals surface area contributed by atoms with Gasteiger partial charge in [-0.3, -0.25) is 9.59 Å². The molecule has 2 aromatic carbocycles. The number of halogens is 2. The summed E-state index contributed by atoms with van der Waals surface area (Å²) in [5, 5.41) is 55.3. The second kappa shape index (κ2) is 17.9. The molecule has 0 aliphatic carbocycles. The summed E-state index contributed by atoms with van der Waals surface area (Å²) < 4.78 is 43.4. The number of rotatable bonds is 8. The molecule has 18 nitrogen and oxygen atoms in total. The quantitative estimate of drug-likeness (QED) is 0.167. The molecule has 0 unspecified atom stereocenters. The Morgan fingerprint density at radius 3 is 1.46 bits per heavy atom. The summed E-state index contributed by atoms with van der Waals surface area (Å²) >= 11 is 0. The van der Waals surface area contributed by atoms with Gasteiger partial charge in [0.1, 0.15) is 22.8 Å². The van der Waals surface area contributed by atoms with E-state index in [1.807, 2.05) is 21.9 Å². The number of nitrogens with zero attached hydrogens (tertiary/aromatic N) is 10. The van der Waals surface area contributed by atoms with Crippen LogP contribution in [0.1, 0.15) is 69.9 Å². The predicted molar refractivity (Wildman–Crippen MR) is 242 cm³/mol. The van der Waals surface area contributed by atoms with E-state index in [-0.39, 0.29) is 70.8 Å². The third-order valence-corrected chi connectivity index (χ3v) is 12.8. The number of ether oxygens (including phenoxy) is 2. The summed E-state index contributed by atoms with van der Waals surface area (Å²) in [4.78, 5) is 38.1. The van der Waals surface area contributed by atoms with Gasteiger partial charge in [-0.15, -0.1) is 0 Å². The van der Waals surface area contributed by atoms with Crippen LogP contribution in [-0.4, -0.2) is 115 Å². The number of carbonyl (C=O) groups excluding carboxylic acids is 2. The van der Waals surface area contributed by atoms with Crippen molar-refractivity contribution in [2.24, 2.45) is 0 Å². The van der Waals surface area contributed by atoms with E-state index in [1.54, 1.807) is 74.1 Å². The van der Waals surface area contributed by atoms with Crippen LogP contribution in [-0.2, 0) is 22.6 Å². The zero-order valence-electron chi connectivity index (χ0n) is 37.5. The summed E-state index contributed by atoms with van der Waals surface area (Å²) in [7, 11) is 3.17. The number of aromatic nitrogens is 6. The van der Waals surface area contributed by atoms with E-state index >= 15 is 0 Å². The number of methoxy groups -OCH3 is 2. The molecule has 0 saturated carbocycles. The van der Waals surface area contributed by atoms with Gasteiger partial charge in [-0.1, -0.05) is 12.1 Å². The Morgan fingerprint density at radius 2 is 1.09 bits per heavy atom. The fraction of sp³-hybridized carbons (Fsp3) is 0.333. The van der Waals surface area contributed by atoms with E-state index in [0.29, 0.717) is 84.5 Å². The maximum atomic E-state index is 14.7. The first kappa shape index (κ1) is 45.5. The molecule has 4 aliphatic rings. The Labute approximate surface area is 389 Å². The molecule has 0 spiro atoms. The Hall–Kier alpha value is -7.62. The molecule has 6 aromatic rings. The van der Waals surface area contributed by atoms with Crippen molar-refractivity contribution in [3.8, 4) is 46.0 Å². The molecule has 4 N–H and O–H groups in total. The number of amides is 2. The molecule has 4 atom stereocenters. The van der Waals surface area contributed by atoms with Crippen LogP contribution in [0.5, 0.6) is 0 Å². The minimum absolute atomic E-state index is 0.0819. The van der Waals surface area contributed by atoms with Crippen LogP contribution in [0.3, 0.4) is 0 Å². The van der Waals surface area contributed by atoms with Gasteiger partial charge < -0.3 is 40.1 Å². The van der Waals surface area contributed by atoms with Gasteiger partial charge in [0.05, 0.1) is 118 Å². The summed E-state index contributed by atoms with van der Waals surface area (Å²) in [6, 6.07) is 19.3. The van der Waals surface area contributed by atoms with Gasteiger partial charge in [-0.25, -0.2) is 28.1 Å². The standard InChI is InChI=1S/2C24H23FN6O3/c2*1-24(33)13-30(8-6-19(24)34-2)20-7-9-31(29-20)18-10-16(28-17-12-27-23(32)22(17)18)21-14(11-26)4-3-5-15(21)25/h2*3-5,7,9-10,19,33H,6,8,12-13H2,1-2H3,(H,27,32)/t2*19-,24+/m11/s1. The van der Waals surface area contributed by atoms with E-state index in [4.69, 9.17) is 9.47 Å². The van der Waals surface area contributed by atoms with E-state index in [2.05, 4.69) is 30.8 Å². The second-order valence-electron chi connectivity index (χ2n) is 17.4. The zero-order valence-corrected chi connectivity index (χ0v) is 37.5. The number of hydrogen-bond acceptors (Lipinski definition) is 14. The lowest BCUT2D eigenvalue weighted by molar-refractivity contribution is -0.0892. The first-order valence-corrected chi connectivity index (χ1v) is 21.8. The fourth-order valence-corrected chi connectivity index (χ4v) is 9.47. The number of aliphatic hydroxyl groups is 2. The number of piperidine rings is 2. The monoisotopic (exact) mass is 924 g/mol. The summed E-state index contributed by atoms with van der Waals surface area (Å²) in [6.07, 6.45) is 4.16. The SMILES string of the molecule is CO[C@@H]1CCN(c2ccn(-c3cc(-c4c(F)cccc4C#N)nc4c3C(=O)NC4)n2)C[C@]1(C)O.CO[C@@H]1CCN(c2ccn(-c3cc(-c4c(F)cccc4C#N)nc4c3C(=O)NC4)n2)C[C@]1(C)O. The average Bonchev–Trinajstić information content (AvgIpc) is 4.16. The number of anilines is 2. The van der Waals surface area contributed by atoms with E-state index in [0.717, 1.165) is 0 Å². The van der Waals surface area contributed by atoms with Crippen LogP contribution < -0.4 is 20.4 Å². The lowest BCUT2D eigenvalue weighted by atomic mass is 9.91. The third kappa shape index (κ3) is 8.28. The van der Waals surface area contributed by atoms with Crippen molar-refractivity contribution in [1.29, 1.82) is 10.5 Å². The maximum absolute atomic E-state index is 14.7. The van der Waals surface area contributed by atoms with Crippen LogP contribution in [0.15, 0.2) is 73.1 Å². The fourth-order valence-electron chi connectivity index (χ4n) is 9.47. The normalized spacial score (nSPS) is 21.8. The highest BCUT2D eigenvalue weighted by molar-refractivity contribution is 6.02. The molecule has 348 valence electrons. The second-order valence-corrected chi connectivity index (χ2v) is 17.4. The first-order valence-electron chi connectivity index (χ1n) is 21.8. The van der Waals surface area contributed by atoms with Crippen LogP contribution in [0, 0.1) is 34.3 Å². The van der Waals surface area contributed by atoms with E-state index in [9.17, 15) is 39.1 Å². The summed E-state index contributed by atoms with van der Waals surface area (Å²) in [5.41, 5.74) is 1.41. The molecule has 2 fully saturated rings. The minimum Gasteiger partial charge on any atom is -0.386 e. The van der Waals surface area contributed by atoms with Crippen molar-refractivity contribution in [3.63, 3.8) is 0 Å². The lowest BCUT2D eigenvalue weighted by Crippen LogP contribution is -2.56. The van der Waals surface area contributed by atoms with Crippen molar-refractivity contribution < 1.29 is 38.1 Å². The first-order chi connectivity index (χ1) is 32.6. The van der Waals surface area contributed by atoms with Gasteiger partial charge in [0.2, 0.25) is 0 Å².